The third-order valence-corrected chi connectivity index (χ3v) is 2.75. The van der Waals surface area contributed by atoms with Gasteiger partial charge in [0.25, 0.3) is 0 Å². The second-order valence-electron chi connectivity index (χ2n) is 5.06. The molecule has 0 radical (unpaired) electrons. The van der Waals surface area contributed by atoms with E-state index in [1.54, 1.807) is 0 Å². The highest BCUT2D eigenvalue weighted by molar-refractivity contribution is 5.81. The van der Waals surface area contributed by atoms with Crippen molar-refractivity contribution in [1.29, 1.82) is 0 Å². The Hall–Kier alpha value is -1.10. The molecule has 1 unspecified atom stereocenters. The van der Waals surface area contributed by atoms with Crippen LogP contribution in [0.3, 0.4) is 0 Å². The maximum absolute atomic E-state index is 11.9. The summed E-state index contributed by atoms with van der Waals surface area (Å²) in [6.45, 7) is 5.32. The largest absolute Gasteiger partial charge is 0.370 e. The van der Waals surface area contributed by atoms with E-state index in [4.69, 9.17) is 5.73 Å². The average Bonchev–Trinajstić information content (AvgIpc) is 2.16. The highest BCUT2D eigenvalue weighted by Gasteiger charge is 2.27. The number of rotatable bonds is 4. The zero-order valence-electron chi connectivity index (χ0n) is 10.0. The van der Waals surface area contributed by atoms with Gasteiger partial charge in [-0.25, -0.2) is 0 Å². The number of nitrogens with two attached hydrogens (primary N) is 1. The van der Waals surface area contributed by atoms with Gasteiger partial charge in [-0.3, -0.25) is 9.59 Å². The topological polar surface area (TPSA) is 84.2 Å². The summed E-state index contributed by atoms with van der Waals surface area (Å²) < 4.78 is 0. The van der Waals surface area contributed by atoms with Crippen molar-refractivity contribution in [3.05, 3.63) is 0 Å². The Labute approximate surface area is 96.1 Å². The molecule has 0 aliphatic carbocycles. The molecule has 1 aliphatic heterocycles. The Balaban J connectivity index is 2.45. The third kappa shape index (κ3) is 4.18. The molecule has 0 aromatic rings. The Morgan fingerprint density at radius 2 is 2.19 bits per heavy atom. The molecule has 1 atom stereocenters. The summed E-state index contributed by atoms with van der Waals surface area (Å²) in [6, 6.07) is 0. The predicted molar refractivity (Wildman–Crippen MR) is 61.6 cm³/mol. The lowest BCUT2D eigenvalue weighted by molar-refractivity contribution is -0.127. The fraction of sp³-hybridized carbons (Fsp3) is 0.818. The summed E-state index contributed by atoms with van der Waals surface area (Å²) in [7, 11) is 0. The van der Waals surface area contributed by atoms with Crippen LogP contribution >= 0.6 is 0 Å². The summed E-state index contributed by atoms with van der Waals surface area (Å²) in [4.78, 5) is 22.7. The smallest absolute Gasteiger partial charge is 0.224 e. The van der Waals surface area contributed by atoms with Crippen molar-refractivity contribution in [2.75, 3.05) is 13.1 Å². The van der Waals surface area contributed by atoms with Crippen molar-refractivity contribution in [1.82, 2.24) is 10.6 Å². The molecular formula is C11H21N3O2. The summed E-state index contributed by atoms with van der Waals surface area (Å²) in [5, 5.41) is 6.07. The Bertz CT molecular complexity index is 270. The van der Waals surface area contributed by atoms with Crippen LogP contribution in [-0.4, -0.2) is 30.4 Å². The van der Waals surface area contributed by atoms with Crippen LogP contribution in [0.15, 0.2) is 0 Å². The summed E-state index contributed by atoms with van der Waals surface area (Å²) >= 11 is 0. The van der Waals surface area contributed by atoms with Crippen LogP contribution < -0.4 is 16.4 Å². The lowest BCUT2D eigenvalue weighted by Crippen LogP contribution is -2.50. The zero-order chi connectivity index (χ0) is 12.2. The van der Waals surface area contributed by atoms with Crippen molar-refractivity contribution in [2.24, 2.45) is 11.7 Å². The van der Waals surface area contributed by atoms with E-state index in [0.717, 1.165) is 25.9 Å². The number of piperidine rings is 1. The number of carbonyl (C=O) groups is 2. The van der Waals surface area contributed by atoms with E-state index in [2.05, 4.69) is 10.6 Å². The van der Waals surface area contributed by atoms with Gasteiger partial charge in [-0.15, -0.1) is 0 Å². The number of hydrogen-bond donors (Lipinski definition) is 3. The molecule has 1 fully saturated rings. The molecule has 0 spiro atoms. The first-order valence-corrected chi connectivity index (χ1v) is 5.72. The van der Waals surface area contributed by atoms with E-state index in [0.29, 0.717) is 0 Å². The lowest BCUT2D eigenvalue weighted by Gasteiger charge is -2.29. The van der Waals surface area contributed by atoms with Gasteiger partial charge in [0.2, 0.25) is 11.8 Å². The monoisotopic (exact) mass is 227 g/mol. The summed E-state index contributed by atoms with van der Waals surface area (Å²) in [5.41, 5.74) is 4.57. The van der Waals surface area contributed by atoms with E-state index in [1.165, 1.54) is 0 Å². The molecule has 92 valence electrons. The van der Waals surface area contributed by atoms with Gasteiger partial charge in [0.15, 0.2) is 0 Å². The van der Waals surface area contributed by atoms with Crippen LogP contribution in [0.4, 0.5) is 0 Å². The standard InChI is InChI=1S/C11H21N3O2/c1-11(2,6-9(12)15)14-10(16)8-4-3-5-13-7-8/h8,13H,3-7H2,1-2H3,(H2,12,15)(H,14,16). The van der Waals surface area contributed by atoms with Gasteiger partial charge in [0.1, 0.15) is 0 Å². The first kappa shape index (κ1) is 13.0. The lowest BCUT2D eigenvalue weighted by atomic mass is 9.95. The molecule has 0 bridgehead atoms. The molecule has 5 heteroatoms. The van der Waals surface area contributed by atoms with Gasteiger partial charge >= 0.3 is 0 Å². The molecule has 0 saturated carbocycles. The molecular weight excluding hydrogens is 206 g/mol. The zero-order valence-corrected chi connectivity index (χ0v) is 10.0. The van der Waals surface area contributed by atoms with Gasteiger partial charge in [0.05, 0.1) is 5.92 Å². The third-order valence-electron chi connectivity index (χ3n) is 2.75. The molecule has 1 heterocycles. The quantitative estimate of drug-likeness (QED) is 0.619. The van der Waals surface area contributed by atoms with Crippen LogP contribution in [0, 0.1) is 5.92 Å². The molecule has 16 heavy (non-hydrogen) atoms. The fourth-order valence-electron chi connectivity index (χ4n) is 1.99. The molecule has 2 amide bonds. The SMILES string of the molecule is CC(C)(CC(N)=O)NC(=O)C1CCCNC1. The van der Waals surface area contributed by atoms with Gasteiger partial charge in [-0.05, 0) is 33.2 Å². The van der Waals surface area contributed by atoms with Crippen LogP contribution in [0.5, 0.6) is 0 Å². The van der Waals surface area contributed by atoms with E-state index >= 15 is 0 Å². The first-order chi connectivity index (χ1) is 7.41. The minimum absolute atomic E-state index is 0.0125. The molecule has 1 rings (SSSR count). The highest BCUT2D eigenvalue weighted by Crippen LogP contribution is 2.14. The first-order valence-electron chi connectivity index (χ1n) is 5.72. The Morgan fingerprint density at radius 3 is 2.69 bits per heavy atom. The number of hydrogen-bond acceptors (Lipinski definition) is 3. The summed E-state index contributed by atoms with van der Waals surface area (Å²) in [6.07, 6.45) is 2.10. The predicted octanol–water partition coefficient (Wildman–Crippen LogP) is -0.244. The van der Waals surface area contributed by atoms with Crippen LogP contribution in [0.25, 0.3) is 0 Å². The molecule has 1 saturated heterocycles. The number of amides is 2. The number of carbonyl (C=O) groups excluding carboxylic acids is 2. The maximum atomic E-state index is 11.9. The number of nitrogens with one attached hydrogen (secondary N) is 2. The van der Waals surface area contributed by atoms with Gasteiger partial charge in [0, 0.05) is 18.5 Å². The van der Waals surface area contributed by atoms with Crippen LogP contribution in [0.2, 0.25) is 0 Å². The molecule has 1 aliphatic rings. The van der Waals surface area contributed by atoms with Crippen molar-refractivity contribution in [2.45, 2.75) is 38.6 Å². The van der Waals surface area contributed by atoms with Gasteiger partial charge in [-0.1, -0.05) is 0 Å². The normalized spacial score (nSPS) is 21.5. The second-order valence-corrected chi connectivity index (χ2v) is 5.06. The summed E-state index contributed by atoms with van der Waals surface area (Å²) in [5.74, 6) is -0.369. The van der Waals surface area contributed by atoms with Gasteiger partial charge < -0.3 is 16.4 Å². The average molecular weight is 227 g/mol. The molecule has 4 N–H and O–H groups in total. The minimum Gasteiger partial charge on any atom is -0.370 e. The fourth-order valence-corrected chi connectivity index (χ4v) is 1.99. The van der Waals surface area contributed by atoms with Crippen molar-refractivity contribution in [3.8, 4) is 0 Å². The van der Waals surface area contributed by atoms with Crippen molar-refractivity contribution >= 4 is 11.8 Å². The minimum atomic E-state index is -0.555. The second kappa shape index (κ2) is 5.30. The van der Waals surface area contributed by atoms with E-state index in [-0.39, 0.29) is 18.2 Å². The number of primary amides is 1. The van der Waals surface area contributed by atoms with Gasteiger partial charge in [-0.2, -0.15) is 0 Å². The molecule has 5 nitrogen and oxygen atoms in total. The van der Waals surface area contributed by atoms with Crippen molar-refractivity contribution in [3.63, 3.8) is 0 Å². The Morgan fingerprint density at radius 1 is 1.50 bits per heavy atom. The van der Waals surface area contributed by atoms with Crippen LogP contribution in [-0.2, 0) is 9.59 Å². The Kier molecular flexibility index (Phi) is 4.29. The van der Waals surface area contributed by atoms with Crippen molar-refractivity contribution < 1.29 is 9.59 Å². The van der Waals surface area contributed by atoms with E-state index in [9.17, 15) is 9.59 Å². The van der Waals surface area contributed by atoms with E-state index in [1.807, 2.05) is 13.8 Å². The highest BCUT2D eigenvalue weighted by atomic mass is 16.2. The van der Waals surface area contributed by atoms with Crippen LogP contribution in [0.1, 0.15) is 33.1 Å². The van der Waals surface area contributed by atoms with E-state index < -0.39 is 11.4 Å². The molecule has 0 aromatic carbocycles. The maximum Gasteiger partial charge on any atom is 0.224 e. The molecule has 0 aromatic heterocycles.